The molecule has 1 unspecified atom stereocenters. The van der Waals surface area contributed by atoms with Gasteiger partial charge in [-0.05, 0) is 32.1 Å². The topological polar surface area (TPSA) is 111 Å². The summed E-state index contributed by atoms with van der Waals surface area (Å²) in [5, 5.41) is 6.47. The second-order valence-corrected chi connectivity index (χ2v) is 7.95. The van der Waals surface area contributed by atoms with Crippen molar-refractivity contribution in [2.75, 3.05) is 32.0 Å². The molecule has 27 heavy (non-hydrogen) atoms. The fourth-order valence-corrected chi connectivity index (χ4v) is 4.25. The van der Waals surface area contributed by atoms with Gasteiger partial charge in [0.2, 0.25) is 5.91 Å². The van der Waals surface area contributed by atoms with Crippen molar-refractivity contribution in [2.24, 2.45) is 0 Å². The number of thioether (sulfide) groups is 1. The fraction of sp³-hybridized carbons (Fsp3) is 0.765. The first-order chi connectivity index (χ1) is 13.1. The van der Waals surface area contributed by atoms with E-state index < -0.39 is 0 Å². The molecule has 0 spiro atoms. The summed E-state index contributed by atoms with van der Waals surface area (Å²) in [6.45, 7) is 2.42. The lowest BCUT2D eigenvalue weighted by Gasteiger charge is -2.35. The summed E-state index contributed by atoms with van der Waals surface area (Å²) in [7, 11) is 0. The highest BCUT2D eigenvalue weighted by Gasteiger charge is 2.28. The average molecular weight is 398 g/mol. The number of aromatic amines is 2. The number of piperidine rings is 1. The van der Waals surface area contributed by atoms with E-state index >= 15 is 0 Å². The van der Waals surface area contributed by atoms with Crippen LogP contribution in [0.5, 0.6) is 0 Å². The van der Waals surface area contributed by atoms with Crippen molar-refractivity contribution in [3.8, 4) is 0 Å². The van der Waals surface area contributed by atoms with Gasteiger partial charge in [-0.3, -0.25) is 9.78 Å². The molecule has 1 aromatic rings. The molecule has 0 bridgehead atoms. The minimum Gasteiger partial charge on any atom is -0.447 e. The third-order valence-electron chi connectivity index (χ3n) is 5.02. The minimum absolute atomic E-state index is 0.0284. The molecule has 150 valence electrons. The van der Waals surface area contributed by atoms with E-state index in [0.29, 0.717) is 11.7 Å². The standard InChI is InChI=1S/C17H27N5O4S/c23-14(12-27-16-18-15(24)19-20-16)22-10-6-3-7-13(22)11-26-17(25)21-8-4-1-2-5-9-21/h13H,1-12H2,(H2,18,19,20,24). The van der Waals surface area contributed by atoms with Crippen molar-refractivity contribution in [1.82, 2.24) is 25.0 Å². The number of ether oxygens (including phenoxy) is 1. The van der Waals surface area contributed by atoms with Gasteiger partial charge in [0.25, 0.3) is 0 Å². The summed E-state index contributed by atoms with van der Waals surface area (Å²) < 4.78 is 5.54. The Balaban J connectivity index is 1.49. The van der Waals surface area contributed by atoms with Crippen molar-refractivity contribution in [3.63, 3.8) is 0 Å². The molecule has 0 aromatic carbocycles. The number of nitrogens with zero attached hydrogens (tertiary/aromatic N) is 3. The molecule has 3 rings (SSSR count). The summed E-state index contributed by atoms with van der Waals surface area (Å²) in [5.74, 6) is 0.163. The summed E-state index contributed by atoms with van der Waals surface area (Å²) in [5.41, 5.74) is -0.388. The Morgan fingerprint density at radius 1 is 1.11 bits per heavy atom. The maximum absolute atomic E-state index is 12.6. The maximum atomic E-state index is 12.6. The first-order valence-corrected chi connectivity index (χ1v) is 10.6. The number of H-pyrrole nitrogens is 2. The lowest BCUT2D eigenvalue weighted by atomic mass is 10.0. The van der Waals surface area contributed by atoms with Gasteiger partial charge in [0.1, 0.15) is 6.61 Å². The molecule has 1 atom stereocenters. The lowest BCUT2D eigenvalue weighted by molar-refractivity contribution is -0.133. The number of nitrogens with one attached hydrogen (secondary N) is 2. The van der Waals surface area contributed by atoms with Crippen molar-refractivity contribution in [1.29, 1.82) is 0 Å². The molecular weight excluding hydrogens is 370 g/mol. The average Bonchev–Trinajstić information content (AvgIpc) is 2.93. The third kappa shape index (κ3) is 5.75. The van der Waals surface area contributed by atoms with E-state index in [2.05, 4.69) is 15.2 Å². The largest absolute Gasteiger partial charge is 0.447 e. The number of amides is 2. The van der Waals surface area contributed by atoms with Gasteiger partial charge in [0, 0.05) is 19.6 Å². The van der Waals surface area contributed by atoms with Crippen LogP contribution < -0.4 is 5.69 Å². The van der Waals surface area contributed by atoms with Crippen LogP contribution in [0.3, 0.4) is 0 Å². The highest BCUT2D eigenvalue weighted by Crippen LogP contribution is 2.20. The molecule has 2 aliphatic heterocycles. The van der Waals surface area contributed by atoms with Crippen molar-refractivity contribution in [3.05, 3.63) is 10.5 Å². The molecule has 2 N–H and O–H groups in total. The summed E-state index contributed by atoms with van der Waals surface area (Å²) in [6.07, 6.45) is 6.91. The highest BCUT2D eigenvalue weighted by atomic mass is 32.2. The Morgan fingerprint density at radius 3 is 2.56 bits per heavy atom. The Hall–Kier alpha value is -1.97. The monoisotopic (exact) mass is 397 g/mol. The van der Waals surface area contributed by atoms with E-state index in [-0.39, 0.29) is 36.1 Å². The normalized spacial score (nSPS) is 21.0. The predicted octanol–water partition coefficient (Wildman–Crippen LogP) is 1.58. The third-order valence-corrected chi connectivity index (χ3v) is 5.88. The smallest absolute Gasteiger partial charge is 0.409 e. The van der Waals surface area contributed by atoms with Crippen LogP contribution in [0.4, 0.5) is 4.79 Å². The number of hydrogen-bond donors (Lipinski definition) is 2. The van der Waals surface area contributed by atoms with Gasteiger partial charge >= 0.3 is 11.8 Å². The van der Waals surface area contributed by atoms with Crippen LogP contribution >= 0.6 is 11.8 Å². The molecule has 0 aliphatic carbocycles. The van der Waals surface area contributed by atoms with Crippen LogP contribution in [0.2, 0.25) is 0 Å². The van der Waals surface area contributed by atoms with Crippen LogP contribution in [0, 0.1) is 0 Å². The van der Waals surface area contributed by atoms with E-state index in [4.69, 9.17) is 4.74 Å². The molecule has 2 fully saturated rings. The second-order valence-electron chi connectivity index (χ2n) is 6.99. The minimum atomic E-state index is -0.388. The van der Waals surface area contributed by atoms with Crippen LogP contribution in [0.15, 0.2) is 9.95 Å². The number of carbonyl (C=O) groups excluding carboxylic acids is 2. The van der Waals surface area contributed by atoms with E-state index in [1.54, 1.807) is 9.80 Å². The van der Waals surface area contributed by atoms with Crippen LogP contribution in [-0.2, 0) is 9.53 Å². The molecule has 0 radical (unpaired) electrons. The fourth-order valence-electron chi connectivity index (χ4n) is 3.55. The van der Waals surface area contributed by atoms with Crippen LogP contribution in [0.25, 0.3) is 0 Å². The Bertz CT molecular complexity index is 683. The molecule has 2 amide bonds. The lowest BCUT2D eigenvalue weighted by Crippen LogP contribution is -2.48. The predicted molar refractivity (Wildman–Crippen MR) is 101 cm³/mol. The van der Waals surface area contributed by atoms with E-state index in [1.165, 1.54) is 11.8 Å². The molecule has 3 heterocycles. The van der Waals surface area contributed by atoms with Gasteiger partial charge in [-0.2, -0.15) is 0 Å². The van der Waals surface area contributed by atoms with Crippen molar-refractivity contribution in [2.45, 2.75) is 56.1 Å². The van der Waals surface area contributed by atoms with Gasteiger partial charge in [-0.15, -0.1) is 5.10 Å². The van der Waals surface area contributed by atoms with Crippen LogP contribution in [-0.4, -0.2) is 75.0 Å². The number of likely N-dealkylation sites (tertiary alicyclic amines) is 2. The second kappa shape index (κ2) is 9.82. The Morgan fingerprint density at radius 2 is 1.85 bits per heavy atom. The van der Waals surface area contributed by atoms with Crippen molar-refractivity contribution >= 4 is 23.8 Å². The van der Waals surface area contributed by atoms with Crippen molar-refractivity contribution < 1.29 is 14.3 Å². The zero-order chi connectivity index (χ0) is 19.1. The molecular formula is C17H27N5O4S. The van der Waals surface area contributed by atoms with E-state index in [9.17, 15) is 14.4 Å². The maximum Gasteiger partial charge on any atom is 0.409 e. The SMILES string of the molecule is O=C(OCC1CCCCN1C(=O)CSc1n[nH]c(=O)[nH]1)N1CCCCCC1. The Kier molecular flexibility index (Phi) is 7.19. The number of aromatic nitrogens is 3. The zero-order valence-corrected chi connectivity index (χ0v) is 16.3. The number of rotatable bonds is 5. The molecule has 2 saturated heterocycles. The zero-order valence-electron chi connectivity index (χ0n) is 15.4. The van der Waals surface area contributed by atoms with Gasteiger partial charge in [-0.1, -0.05) is 24.6 Å². The van der Waals surface area contributed by atoms with Crippen LogP contribution in [0.1, 0.15) is 44.9 Å². The van der Waals surface area contributed by atoms with E-state index in [0.717, 1.165) is 58.0 Å². The molecule has 10 heteroatoms. The molecule has 1 aromatic heterocycles. The Labute approximate surface area is 162 Å². The van der Waals surface area contributed by atoms with Gasteiger partial charge < -0.3 is 14.5 Å². The molecule has 9 nitrogen and oxygen atoms in total. The van der Waals surface area contributed by atoms with Gasteiger partial charge in [0.15, 0.2) is 5.16 Å². The number of carbonyl (C=O) groups is 2. The summed E-state index contributed by atoms with van der Waals surface area (Å²) in [6, 6.07) is -0.0824. The van der Waals surface area contributed by atoms with Gasteiger partial charge in [0.05, 0.1) is 11.8 Å². The number of hydrogen-bond acceptors (Lipinski definition) is 6. The first kappa shape index (κ1) is 19.8. The van der Waals surface area contributed by atoms with Gasteiger partial charge in [-0.25, -0.2) is 14.7 Å². The quantitative estimate of drug-likeness (QED) is 0.730. The highest BCUT2D eigenvalue weighted by molar-refractivity contribution is 7.99. The first-order valence-electron chi connectivity index (χ1n) is 9.62. The molecule has 0 saturated carbocycles. The summed E-state index contributed by atoms with van der Waals surface area (Å²) >= 11 is 1.19. The molecule has 2 aliphatic rings. The summed E-state index contributed by atoms with van der Waals surface area (Å²) in [4.78, 5) is 42.1. The van der Waals surface area contributed by atoms with E-state index in [1.807, 2.05) is 0 Å².